The summed E-state index contributed by atoms with van der Waals surface area (Å²) in [5, 5.41) is 43.0. The van der Waals surface area contributed by atoms with Crippen molar-refractivity contribution < 1.29 is 48.8 Å². The van der Waals surface area contributed by atoms with E-state index in [1.807, 2.05) is 0 Å². The number of rotatable bonds is 3. The van der Waals surface area contributed by atoms with Gasteiger partial charge in [-0.1, -0.05) is 34.6 Å². The fourth-order valence-electron chi connectivity index (χ4n) is 14.5. The number of hydrogen-bond acceptors (Lipinski definition) is 10. The van der Waals surface area contributed by atoms with Crippen LogP contribution in [0, 0.1) is 50.7 Å². The number of methoxy groups -OCH3 is 1. The Morgan fingerprint density at radius 1 is 0.826 bits per heavy atom. The van der Waals surface area contributed by atoms with Crippen LogP contribution in [0.1, 0.15) is 92.9 Å². The monoisotopic (exact) mass is 648 g/mol. The standard InChI is InChI=1S/C36H56O10/c1-17-13-36(28-33(6,45-28)29(41-7)46-36)44-19-14-32(5)21-9-8-20-30(2,3)23(43-27-26(40)25(39)18(37)15-42-27)12-22(38)35(20)16-34(21,35)11-10-31(32,4)24(17)19/h17-29,37-40H,8-16H2,1-7H3/t17-,18-,19+,20?,21?,22+,23+,24+,25+,26-,27+,28-,29+,31-,32+,33+,34+,35-,36-/m1/s1. The summed E-state index contributed by atoms with van der Waals surface area (Å²) in [7, 11) is 1.69. The van der Waals surface area contributed by atoms with Crippen molar-refractivity contribution in [2.24, 2.45) is 50.7 Å². The third-order valence-electron chi connectivity index (χ3n) is 16.7. The van der Waals surface area contributed by atoms with Crippen LogP contribution in [0.25, 0.3) is 0 Å². The summed E-state index contributed by atoms with van der Waals surface area (Å²) in [6, 6.07) is 0. The minimum Gasteiger partial charge on any atom is -0.392 e. The van der Waals surface area contributed by atoms with Gasteiger partial charge in [0.15, 0.2) is 12.6 Å². The minimum atomic E-state index is -1.34. The molecule has 3 spiro atoms. The number of aliphatic hydroxyl groups is 4. The highest BCUT2D eigenvalue weighted by atomic mass is 16.8. The van der Waals surface area contributed by atoms with Gasteiger partial charge in [-0.05, 0) is 90.8 Å². The van der Waals surface area contributed by atoms with Gasteiger partial charge in [-0.3, -0.25) is 0 Å². The Labute approximate surface area is 272 Å². The van der Waals surface area contributed by atoms with Crippen LogP contribution in [-0.4, -0.2) is 101 Å². The second-order valence-electron chi connectivity index (χ2n) is 18.6. The molecule has 0 radical (unpaired) electrons. The minimum absolute atomic E-state index is 0.0794. The summed E-state index contributed by atoms with van der Waals surface area (Å²) in [5.41, 5.74) is -0.519. The van der Waals surface area contributed by atoms with Crippen molar-refractivity contribution in [2.45, 2.75) is 160 Å². The largest absolute Gasteiger partial charge is 0.392 e. The first kappa shape index (κ1) is 31.6. The second kappa shape index (κ2) is 9.28. The molecule has 0 aromatic carbocycles. The lowest BCUT2D eigenvalue weighted by Gasteiger charge is -2.64. The molecule has 4 N–H and O–H groups in total. The van der Waals surface area contributed by atoms with Crippen molar-refractivity contribution in [1.29, 1.82) is 0 Å². The first-order chi connectivity index (χ1) is 21.5. The number of fused-ring (bicyclic) bond motifs is 6. The summed E-state index contributed by atoms with van der Waals surface area (Å²) < 4.78 is 37.7. The topological polar surface area (TPSA) is 140 Å². The lowest BCUT2D eigenvalue weighted by molar-refractivity contribution is -0.348. The van der Waals surface area contributed by atoms with Gasteiger partial charge in [0.25, 0.3) is 0 Å². The third kappa shape index (κ3) is 3.44. The molecule has 19 atom stereocenters. The van der Waals surface area contributed by atoms with Crippen LogP contribution >= 0.6 is 0 Å². The smallest absolute Gasteiger partial charge is 0.201 e. The van der Waals surface area contributed by atoms with Crippen LogP contribution in [0.2, 0.25) is 0 Å². The average Bonchev–Trinajstić information content (AvgIpc) is 3.85. The fraction of sp³-hybridized carbons (Fsp3) is 1.00. The van der Waals surface area contributed by atoms with Crippen LogP contribution in [0.4, 0.5) is 0 Å². The van der Waals surface area contributed by atoms with Gasteiger partial charge >= 0.3 is 0 Å². The number of epoxide rings is 1. The molecule has 9 fully saturated rings. The summed E-state index contributed by atoms with van der Waals surface area (Å²) in [4.78, 5) is 0. The van der Waals surface area contributed by atoms with Gasteiger partial charge in [-0.25, -0.2) is 0 Å². The Morgan fingerprint density at radius 2 is 1.57 bits per heavy atom. The Hall–Kier alpha value is -0.400. The summed E-state index contributed by atoms with van der Waals surface area (Å²) >= 11 is 0. The van der Waals surface area contributed by atoms with Crippen LogP contribution < -0.4 is 0 Å². The zero-order valence-electron chi connectivity index (χ0n) is 28.6. The van der Waals surface area contributed by atoms with Gasteiger partial charge in [-0.2, -0.15) is 0 Å². The number of hydrogen-bond donors (Lipinski definition) is 4. The maximum Gasteiger partial charge on any atom is 0.201 e. The predicted molar refractivity (Wildman–Crippen MR) is 163 cm³/mol. The van der Waals surface area contributed by atoms with Crippen molar-refractivity contribution >= 4 is 0 Å². The van der Waals surface area contributed by atoms with Crippen LogP contribution in [0.3, 0.4) is 0 Å². The molecule has 9 rings (SSSR count). The third-order valence-corrected chi connectivity index (χ3v) is 16.7. The second-order valence-corrected chi connectivity index (χ2v) is 18.6. The van der Waals surface area contributed by atoms with Crippen LogP contribution in [0.5, 0.6) is 0 Å². The van der Waals surface area contributed by atoms with Crippen LogP contribution in [-0.2, 0) is 28.4 Å². The first-order valence-electron chi connectivity index (χ1n) is 18.1. The molecule has 260 valence electrons. The predicted octanol–water partition coefficient (Wildman–Crippen LogP) is 3.11. The SMILES string of the molecule is CO[C@H]1O[C@]2(C[C@@H](C)[C@H]3[C@H](C[C@@]4(C)C5CCC6C(C)(C)[C@@H](O[C@@H]7OC[C@@H](O)[C@H](O)[C@H]7O)C[C@H](O)[C@@]67C[C@@]57CC[C@]34C)O2)[C@@H]2O[C@]12C. The van der Waals surface area contributed by atoms with Crippen molar-refractivity contribution in [2.75, 3.05) is 13.7 Å². The molecule has 0 bridgehead atoms. The van der Waals surface area contributed by atoms with Gasteiger partial charge in [0.05, 0.1) is 24.9 Å². The molecule has 10 heteroatoms. The Morgan fingerprint density at radius 3 is 2.28 bits per heavy atom. The van der Waals surface area contributed by atoms with E-state index < -0.39 is 48.4 Å². The van der Waals surface area contributed by atoms with Crippen LogP contribution in [0.15, 0.2) is 0 Å². The highest BCUT2D eigenvalue weighted by Gasteiger charge is 2.86. The Balaban J connectivity index is 0.990. The molecule has 0 aromatic heterocycles. The van der Waals surface area contributed by atoms with E-state index in [0.717, 1.165) is 44.9 Å². The average molecular weight is 649 g/mol. The van der Waals surface area contributed by atoms with E-state index in [1.165, 1.54) is 0 Å². The van der Waals surface area contributed by atoms with Crippen molar-refractivity contribution in [3.05, 3.63) is 0 Å². The maximum absolute atomic E-state index is 12.2. The molecular weight excluding hydrogens is 592 g/mol. The van der Waals surface area contributed by atoms with E-state index in [9.17, 15) is 20.4 Å². The Kier molecular flexibility index (Phi) is 6.37. The molecule has 46 heavy (non-hydrogen) atoms. The lowest BCUT2D eigenvalue weighted by Crippen LogP contribution is -2.63. The molecular formula is C36H56O10. The number of ether oxygens (including phenoxy) is 6. The zero-order chi connectivity index (χ0) is 32.6. The van der Waals surface area contributed by atoms with E-state index in [-0.39, 0.29) is 57.9 Å². The van der Waals surface area contributed by atoms with E-state index in [2.05, 4.69) is 41.5 Å². The molecule has 0 aromatic rings. The van der Waals surface area contributed by atoms with Crippen molar-refractivity contribution in [3.8, 4) is 0 Å². The van der Waals surface area contributed by atoms with E-state index in [1.54, 1.807) is 7.11 Å². The fourth-order valence-corrected chi connectivity index (χ4v) is 14.5. The van der Waals surface area contributed by atoms with E-state index in [0.29, 0.717) is 24.2 Å². The molecule has 9 aliphatic rings. The van der Waals surface area contributed by atoms with Gasteiger partial charge < -0.3 is 48.8 Å². The van der Waals surface area contributed by atoms with E-state index in [4.69, 9.17) is 28.4 Å². The maximum atomic E-state index is 12.2. The highest BCUT2D eigenvalue weighted by Crippen LogP contribution is 2.89. The highest BCUT2D eigenvalue weighted by molar-refractivity contribution is 5.34. The number of aliphatic hydroxyl groups excluding tert-OH is 4. The van der Waals surface area contributed by atoms with E-state index >= 15 is 0 Å². The molecule has 4 heterocycles. The van der Waals surface area contributed by atoms with Gasteiger partial charge in [-0.15, -0.1) is 0 Å². The van der Waals surface area contributed by atoms with Crippen molar-refractivity contribution in [3.63, 3.8) is 0 Å². The quantitative estimate of drug-likeness (QED) is 0.267. The van der Waals surface area contributed by atoms with Gasteiger partial charge in [0.1, 0.15) is 30.0 Å². The normalized spacial score (nSPS) is 65.7. The van der Waals surface area contributed by atoms with Crippen molar-refractivity contribution in [1.82, 2.24) is 0 Å². The molecule has 4 aliphatic heterocycles. The Bertz CT molecular complexity index is 1300. The molecule has 5 aliphatic carbocycles. The summed E-state index contributed by atoms with van der Waals surface area (Å²) in [6.45, 7) is 14.0. The molecule has 0 amide bonds. The first-order valence-corrected chi connectivity index (χ1v) is 18.1. The zero-order valence-corrected chi connectivity index (χ0v) is 28.6. The molecule has 5 saturated carbocycles. The molecule has 4 saturated heterocycles. The molecule has 10 nitrogen and oxygen atoms in total. The lowest BCUT2D eigenvalue weighted by atomic mass is 9.41. The molecule has 2 unspecified atom stereocenters. The summed E-state index contributed by atoms with van der Waals surface area (Å²) in [5.74, 6) is 0.925. The van der Waals surface area contributed by atoms with Gasteiger partial charge in [0.2, 0.25) is 5.79 Å². The summed E-state index contributed by atoms with van der Waals surface area (Å²) in [6.07, 6.45) is 1.74. The van der Waals surface area contributed by atoms with Gasteiger partial charge in [0, 0.05) is 25.4 Å².